The normalized spacial score (nSPS) is 42.1. The number of fused-ring (bicyclic) bond motifs is 2. The summed E-state index contributed by atoms with van der Waals surface area (Å²) in [6.07, 6.45) is 3.66. The minimum absolute atomic E-state index is 0.116. The second kappa shape index (κ2) is 3.72. The molecule has 2 nitrogen and oxygen atoms in total. The van der Waals surface area contributed by atoms with Gasteiger partial charge in [0.1, 0.15) is 10.9 Å². The fourth-order valence-electron chi connectivity index (χ4n) is 3.54. The second-order valence-corrected chi connectivity index (χ2v) is 7.53. The molecular weight excluding hydrogens is 268 g/mol. The third-order valence-corrected chi connectivity index (χ3v) is 5.67. The first-order chi connectivity index (χ1) is 7.29. The minimum atomic E-state index is -0.196. The van der Waals surface area contributed by atoms with Gasteiger partial charge < -0.3 is 4.74 Å². The van der Waals surface area contributed by atoms with E-state index in [2.05, 4.69) is 36.7 Å². The Balaban J connectivity index is 2.13. The first kappa shape index (κ1) is 12.4. The van der Waals surface area contributed by atoms with E-state index in [1.54, 1.807) is 0 Å². The van der Waals surface area contributed by atoms with E-state index in [1.807, 2.05) is 6.92 Å². The van der Waals surface area contributed by atoms with Crippen LogP contribution in [0.1, 0.15) is 47.0 Å². The molecule has 0 radical (unpaired) electrons. The molecular formula is C13H21BrO2. The van der Waals surface area contributed by atoms with Crippen molar-refractivity contribution in [3.8, 4) is 0 Å². The van der Waals surface area contributed by atoms with E-state index in [0.29, 0.717) is 5.41 Å². The number of hydrogen-bond acceptors (Lipinski definition) is 2. The molecule has 0 saturated heterocycles. The molecule has 4 atom stereocenters. The molecule has 0 aliphatic heterocycles. The predicted octanol–water partition coefficient (Wildman–Crippen LogP) is 3.53. The lowest BCUT2D eigenvalue weighted by atomic mass is 9.70. The fourth-order valence-corrected chi connectivity index (χ4v) is 3.65. The van der Waals surface area contributed by atoms with Crippen LogP contribution in [0, 0.1) is 16.7 Å². The van der Waals surface area contributed by atoms with Crippen LogP contribution >= 0.6 is 15.9 Å². The highest BCUT2D eigenvalue weighted by molar-refractivity contribution is 9.10. The zero-order valence-electron chi connectivity index (χ0n) is 10.5. The summed E-state index contributed by atoms with van der Waals surface area (Å²) in [7, 11) is 0. The van der Waals surface area contributed by atoms with E-state index in [0.717, 1.165) is 12.3 Å². The minimum Gasteiger partial charge on any atom is -0.461 e. The maximum atomic E-state index is 11.7. The van der Waals surface area contributed by atoms with Gasteiger partial charge in [-0.15, -0.1) is 0 Å². The fraction of sp³-hybridized carbons (Fsp3) is 0.923. The van der Waals surface area contributed by atoms with Crippen molar-refractivity contribution in [1.82, 2.24) is 0 Å². The van der Waals surface area contributed by atoms with Gasteiger partial charge in [-0.05, 0) is 37.5 Å². The molecule has 92 valence electrons. The van der Waals surface area contributed by atoms with Crippen LogP contribution in [0.25, 0.3) is 0 Å². The molecule has 2 bridgehead atoms. The van der Waals surface area contributed by atoms with Gasteiger partial charge in [0.05, 0.1) is 0 Å². The Bertz CT molecular complexity index is 311. The third kappa shape index (κ3) is 1.54. The van der Waals surface area contributed by atoms with Crippen molar-refractivity contribution in [3.63, 3.8) is 0 Å². The van der Waals surface area contributed by atoms with Crippen molar-refractivity contribution in [3.05, 3.63) is 0 Å². The summed E-state index contributed by atoms with van der Waals surface area (Å²) in [4.78, 5) is 11.5. The topological polar surface area (TPSA) is 26.3 Å². The van der Waals surface area contributed by atoms with E-state index in [-0.39, 0.29) is 22.3 Å². The zero-order chi connectivity index (χ0) is 12.1. The van der Waals surface area contributed by atoms with Crippen LogP contribution in [0.2, 0.25) is 0 Å². The largest absolute Gasteiger partial charge is 0.461 e. The molecule has 16 heavy (non-hydrogen) atoms. The molecule has 0 heterocycles. The van der Waals surface area contributed by atoms with Gasteiger partial charge in [-0.25, -0.2) is 0 Å². The van der Waals surface area contributed by atoms with Gasteiger partial charge in [0.15, 0.2) is 0 Å². The molecule has 0 aromatic rings. The van der Waals surface area contributed by atoms with Gasteiger partial charge in [0.2, 0.25) is 0 Å². The van der Waals surface area contributed by atoms with Gasteiger partial charge in [0, 0.05) is 5.41 Å². The number of esters is 1. The summed E-state index contributed by atoms with van der Waals surface area (Å²) in [5.41, 5.74) is 0.489. The Morgan fingerprint density at radius 2 is 2.06 bits per heavy atom. The van der Waals surface area contributed by atoms with Crippen molar-refractivity contribution in [2.75, 3.05) is 0 Å². The highest BCUT2D eigenvalue weighted by atomic mass is 79.9. The second-order valence-electron chi connectivity index (χ2n) is 6.15. The molecule has 0 aromatic heterocycles. The first-order valence-electron chi connectivity index (χ1n) is 6.13. The number of halogens is 1. The van der Waals surface area contributed by atoms with Crippen LogP contribution in [-0.4, -0.2) is 16.9 Å². The Morgan fingerprint density at radius 1 is 1.44 bits per heavy atom. The van der Waals surface area contributed by atoms with Crippen LogP contribution in [0.15, 0.2) is 0 Å². The van der Waals surface area contributed by atoms with E-state index in [1.165, 1.54) is 12.8 Å². The SMILES string of the molecule is C[C@H](Br)C(=O)O[C@H]1C[C@@H]2CC[C@]1(C)C2(C)C. The number of hydrogen-bond donors (Lipinski definition) is 0. The maximum absolute atomic E-state index is 11.7. The molecule has 0 spiro atoms. The van der Waals surface area contributed by atoms with Gasteiger partial charge in [-0.3, -0.25) is 4.79 Å². The lowest BCUT2D eigenvalue weighted by molar-refractivity contribution is -0.155. The number of carbonyl (C=O) groups is 1. The summed E-state index contributed by atoms with van der Waals surface area (Å²) >= 11 is 3.27. The molecule has 0 unspecified atom stereocenters. The molecule has 0 N–H and O–H groups in total. The number of rotatable bonds is 2. The predicted molar refractivity (Wildman–Crippen MR) is 67.5 cm³/mol. The van der Waals surface area contributed by atoms with Crippen molar-refractivity contribution in [2.45, 2.75) is 57.9 Å². The molecule has 2 aliphatic carbocycles. The van der Waals surface area contributed by atoms with E-state index >= 15 is 0 Å². The van der Waals surface area contributed by atoms with E-state index in [9.17, 15) is 4.79 Å². The van der Waals surface area contributed by atoms with Crippen molar-refractivity contribution < 1.29 is 9.53 Å². The van der Waals surface area contributed by atoms with Crippen molar-refractivity contribution in [1.29, 1.82) is 0 Å². The quantitative estimate of drug-likeness (QED) is 0.574. The summed E-state index contributed by atoms with van der Waals surface area (Å²) in [5, 5.41) is 0. The zero-order valence-corrected chi connectivity index (χ0v) is 12.1. The maximum Gasteiger partial charge on any atom is 0.319 e. The van der Waals surface area contributed by atoms with Crippen LogP contribution in [0.4, 0.5) is 0 Å². The van der Waals surface area contributed by atoms with Gasteiger partial charge in [0.25, 0.3) is 0 Å². The number of alkyl halides is 1. The Hall–Kier alpha value is -0.0500. The van der Waals surface area contributed by atoms with E-state index < -0.39 is 0 Å². The average molecular weight is 289 g/mol. The molecule has 0 amide bonds. The summed E-state index contributed by atoms with van der Waals surface area (Å²) in [6, 6.07) is 0. The van der Waals surface area contributed by atoms with Gasteiger partial charge in [-0.2, -0.15) is 0 Å². The lowest BCUT2D eigenvalue weighted by Gasteiger charge is -2.38. The summed E-state index contributed by atoms with van der Waals surface area (Å²) < 4.78 is 5.66. The van der Waals surface area contributed by atoms with Gasteiger partial charge in [-0.1, -0.05) is 36.7 Å². The molecule has 2 fully saturated rings. The molecule has 2 saturated carbocycles. The number of ether oxygens (including phenoxy) is 1. The molecule has 0 aromatic carbocycles. The molecule has 2 aliphatic rings. The Morgan fingerprint density at radius 3 is 2.44 bits per heavy atom. The Kier molecular flexibility index (Phi) is 2.89. The van der Waals surface area contributed by atoms with Crippen molar-refractivity contribution in [2.24, 2.45) is 16.7 Å². The molecule has 3 heteroatoms. The standard InChI is InChI=1S/C13H21BrO2/c1-8(14)11(15)16-10-7-9-5-6-13(10,4)12(9,2)3/h8-10H,5-7H2,1-4H3/t8-,9-,10-,13-/m0/s1. The van der Waals surface area contributed by atoms with Gasteiger partial charge >= 0.3 is 5.97 Å². The third-order valence-electron chi connectivity index (χ3n) is 5.30. The average Bonchev–Trinajstić information content (AvgIpc) is 2.50. The summed E-state index contributed by atoms with van der Waals surface area (Å²) in [6.45, 7) is 8.77. The van der Waals surface area contributed by atoms with Crippen LogP contribution in [0.5, 0.6) is 0 Å². The van der Waals surface area contributed by atoms with Crippen LogP contribution in [-0.2, 0) is 9.53 Å². The number of carbonyl (C=O) groups excluding carboxylic acids is 1. The van der Waals surface area contributed by atoms with Crippen molar-refractivity contribution >= 4 is 21.9 Å². The highest BCUT2D eigenvalue weighted by Crippen LogP contribution is 2.66. The Labute approximate surface area is 106 Å². The first-order valence-corrected chi connectivity index (χ1v) is 7.05. The monoisotopic (exact) mass is 288 g/mol. The molecule has 2 rings (SSSR count). The summed E-state index contributed by atoms with van der Waals surface area (Å²) in [5.74, 6) is 0.607. The van der Waals surface area contributed by atoms with E-state index in [4.69, 9.17) is 4.74 Å². The highest BCUT2D eigenvalue weighted by Gasteiger charge is 2.62. The van der Waals surface area contributed by atoms with Crippen LogP contribution in [0.3, 0.4) is 0 Å². The van der Waals surface area contributed by atoms with Crippen LogP contribution < -0.4 is 0 Å². The lowest BCUT2D eigenvalue weighted by Crippen LogP contribution is -2.39. The smallest absolute Gasteiger partial charge is 0.319 e.